The summed E-state index contributed by atoms with van der Waals surface area (Å²) in [6, 6.07) is 8.39. The van der Waals surface area contributed by atoms with Crippen LogP contribution in [0.4, 0.5) is 0 Å². The molecule has 122 valence electrons. The molecule has 1 aliphatic rings. The number of rotatable bonds is 6. The molecule has 1 atom stereocenters. The van der Waals surface area contributed by atoms with Crippen LogP contribution in [0.5, 0.6) is 0 Å². The largest absolute Gasteiger partial charge is 0.353 e. The van der Waals surface area contributed by atoms with Crippen molar-refractivity contribution in [2.24, 2.45) is 13.0 Å². The van der Waals surface area contributed by atoms with Gasteiger partial charge in [-0.25, -0.2) is 0 Å². The molecule has 5 nitrogen and oxygen atoms in total. The van der Waals surface area contributed by atoms with Crippen LogP contribution in [0, 0.1) is 12.8 Å². The molecule has 0 saturated heterocycles. The van der Waals surface area contributed by atoms with E-state index in [9.17, 15) is 4.79 Å². The molecular weight excluding hydrogens is 308 g/mol. The van der Waals surface area contributed by atoms with Crippen LogP contribution in [0.3, 0.4) is 0 Å². The van der Waals surface area contributed by atoms with Gasteiger partial charge in [0, 0.05) is 18.7 Å². The van der Waals surface area contributed by atoms with Gasteiger partial charge in [-0.15, -0.1) is 10.2 Å². The highest BCUT2D eigenvalue weighted by molar-refractivity contribution is 7.99. The number of carbonyl (C=O) groups is 1. The molecule has 1 heterocycles. The molecule has 6 heteroatoms. The number of thioether (sulfide) groups is 1. The van der Waals surface area contributed by atoms with Gasteiger partial charge >= 0.3 is 0 Å². The average molecular weight is 330 g/mol. The summed E-state index contributed by atoms with van der Waals surface area (Å²) in [6.07, 6.45) is 2.47. The van der Waals surface area contributed by atoms with Crippen molar-refractivity contribution in [2.75, 3.05) is 5.75 Å². The molecule has 1 N–H and O–H groups in total. The van der Waals surface area contributed by atoms with Crippen molar-refractivity contribution < 1.29 is 4.79 Å². The highest BCUT2D eigenvalue weighted by Crippen LogP contribution is 2.32. The molecule has 0 bridgehead atoms. The maximum Gasteiger partial charge on any atom is 0.230 e. The van der Waals surface area contributed by atoms with Gasteiger partial charge in [0.15, 0.2) is 11.0 Å². The molecule has 1 saturated carbocycles. The first kappa shape index (κ1) is 16.1. The monoisotopic (exact) mass is 330 g/mol. The van der Waals surface area contributed by atoms with Crippen molar-refractivity contribution in [3.05, 3.63) is 29.8 Å². The Morgan fingerprint density at radius 1 is 1.39 bits per heavy atom. The lowest BCUT2D eigenvalue weighted by molar-refractivity contribution is -0.119. The van der Waals surface area contributed by atoms with E-state index in [4.69, 9.17) is 0 Å². The molecule has 1 aromatic heterocycles. The van der Waals surface area contributed by atoms with Crippen LogP contribution >= 0.6 is 11.8 Å². The van der Waals surface area contributed by atoms with Crippen LogP contribution in [0.1, 0.15) is 25.3 Å². The van der Waals surface area contributed by atoms with Gasteiger partial charge in [0.25, 0.3) is 0 Å². The SMILES string of the molecule is Cc1ccccc1-c1nnc(SCC(=O)N[C@H](C)C2CC2)n1C. The minimum absolute atomic E-state index is 0.0647. The van der Waals surface area contributed by atoms with Crippen molar-refractivity contribution >= 4 is 17.7 Å². The lowest BCUT2D eigenvalue weighted by atomic mass is 10.1. The van der Waals surface area contributed by atoms with Gasteiger partial charge in [-0.3, -0.25) is 4.79 Å². The molecule has 0 radical (unpaired) electrons. The first-order chi connectivity index (χ1) is 11.1. The van der Waals surface area contributed by atoms with E-state index in [0.29, 0.717) is 11.7 Å². The molecular formula is C17H22N4OS. The summed E-state index contributed by atoms with van der Waals surface area (Å²) in [6.45, 7) is 4.14. The van der Waals surface area contributed by atoms with Crippen molar-refractivity contribution in [3.8, 4) is 11.4 Å². The molecule has 23 heavy (non-hydrogen) atoms. The van der Waals surface area contributed by atoms with E-state index in [1.807, 2.05) is 29.8 Å². The number of hydrogen-bond donors (Lipinski definition) is 1. The number of aromatic nitrogens is 3. The molecule has 1 fully saturated rings. The van der Waals surface area contributed by atoms with Crippen molar-refractivity contribution in [1.29, 1.82) is 0 Å². The molecule has 1 aliphatic carbocycles. The summed E-state index contributed by atoms with van der Waals surface area (Å²) in [4.78, 5) is 12.0. The van der Waals surface area contributed by atoms with E-state index in [-0.39, 0.29) is 11.9 Å². The Labute approximate surface area is 140 Å². The third kappa shape index (κ3) is 3.75. The van der Waals surface area contributed by atoms with E-state index in [0.717, 1.165) is 22.1 Å². The van der Waals surface area contributed by atoms with Gasteiger partial charge in [-0.1, -0.05) is 36.0 Å². The van der Waals surface area contributed by atoms with Crippen LogP contribution < -0.4 is 5.32 Å². The van der Waals surface area contributed by atoms with E-state index >= 15 is 0 Å². The highest BCUT2D eigenvalue weighted by atomic mass is 32.2. The molecule has 1 amide bonds. The number of hydrogen-bond acceptors (Lipinski definition) is 4. The normalized spacial score (nSPS) is 15.4. The predicted molar refractivity (Wildman–Crippen MR) is 92.2 cm³/mol. The van der Waals surface area contributed by atoms with E-state index in [1.165, 1.54) is 24.6 Å². The summed E-state index contributed by atoms with van der Waals surface area (Å²) in [7, 11) is 1.94. The lowest BCUT2D eigenvalue weighted by Crippen LogP contribution is -2.35. The zero-order valence-electron chi connectivity index (χ0n) is 13.7. The summed E-state index contributed by atoms with van der Waals surface area (Å²) in [5, 5.41) is 12.3. The highest BCUT2D eigenvalue weighted by Gasteiger charge is 2.28. The van der Waals surface area contributed by atoms with Crippen LogP contribution in [-0.2, 0) is 11.8 Å². The van der Waals surface area contributed by atoms with E-state index in [2.05, 4.69) is 35.4 Å². The van der Waals surface area contributed by atoms with E-state index in [1.54, 1.807) is 0 Å². The maximum atomic E-state index is 12.0. The van der Waals surface area contributed by atoms with Crippen molar-refractivity contribution in [2.45, 2.75) is 37.9 Å². The number of amides is 1. The van der Waals surface area contributed by atoms with Crippen LogP contribution in [0.2, 0.25) is 0 Å². The quantitative estimate of drug-likeness (QED) is 0.828. The Kier molecular flexibility index (Phi) is 4.71. The number of carbonyl (C=O) groups excluding carboxylic acids is 1. The Bertz CT molecular complexity index is 708. The maximum absolute atomic E-state index is 12.0. The Hall–Kier alpha value is -1.82. The summed E-state index contributed by atoms with van der Waals surface area (Å²) < 4.78 is 1.95. The topological polar surface area (TPSA) is 59.8 Å². The van der Waals surface area contributed by atoms with Crippen LogP contribution in [-0.4, -0.2) is 32.5 Å². The third-order valence-corrected chi connectivity index (χ3v) is 5.29. The molecule has 0 unspecified atom stereocenters. The first-order valence-corrected chi connectivity index (χ1v) is 8.92. The first-order valence-electron chi connectivity index (χ1n) is 7.94. The predicted octanol–water partition coefficient (Wildman–Crippen LogP) is 2.80. The fourth-order valence-electron chi connectivity index (χ4n) is 2.64. The fourth-order valence-corrected chi connectivity index (χ4v) is 3.36. The standard InChI is InChI=1S/C17H22N4OS/c1-11-6-4-5-7-14(11)16-19-20-17(21(16)3)23-10-15(22)18-12(2)13-8-9-13/h4-7,12-13H,8-10H2,1-3H3,(H,18,22)/t12-/m1/s1. The zero-order chi connectivity index (χ0) is 16.4. The molecule has 3 rings (SSSR count). The summed E-state index contributed by atoms with van der Waals surface area (Å²) in [5.41, 5.74) is 2.23. The molecule has 0 aliphatic heterocycles. The van der Waals surface area contributed by atoms with Gasteiger partial charge in [0.2, 0.25) is 5.91 Å². The van der Waals surface area contributed by atoms with E-state index < -0.39 is 0 Å². The van der Waals surface area contributed by atoms with Crippen LogP contribution in [0.25, 0.3) is 11.4 Å². The third-order valence-electron chi connectivity index (χ3n) is 4.27. The Morgan fingerprint density at radius 3 is 2.83 bits per heavy atom. The Morgan fingerprint density at radius 2 is 2.13 bits per heavy atom. The van der Waals surface area contributed by atoms with Gasteiger partial charge in [0.05, 0.1) is 5.75 Å². The average Bonchev–Trinajstić information content (AvgIpc) is 3.31. The molecule has 2 aromatic rings. The molecule has 0 spiro atoms. The Balaban J connectivity index is 1.63. The summed E-state index contributed by atoms with van der Waals surface area (Å²) >= 11 is 1.43. The number of nitrogens with one attached hydrogen (secondary N) is 1. The van der Waals surface area contributed by atoms with Gasteiger partial charge in [-0.2, -0.15) is 0 Å². The smallest absolute Gasteiger partial charge is 0.230 e. The second-order valence-corrected chi connectivity index (χ2v) is 7.10. The number of nitrogens with zero attached hydrogens (tertiary/aromatic N) is 3. The molecule has 1 aromatic carbocycles. The summed E-state index contributed by atoms with van der Waals surface area (Å²) in [5.74, 6) is 1.94. The van der Waals surface area contributed by atoms with Crippen molar-refractivity contribution in [1.82, 2.24) is 20.1 Å². The lowest BCUT2D eigenvalue weighted by Gasteiger charge is -2.12. The minimum Gasteiger partial charge on any atom is -0.353 e. The second-order valence-electron chi connectivity index (χ2n) is 6.16. The van der Waals surface area contributed by atoms with Gasteiger partial charge in [0.1, 0.15) is 0 Å². The fraction of sp³-hybridized carbons (Fsp3) is 0.471. The van der Waals surface area contributed by atoms with Crippen LogP contribution in [0.15, 0.2) is 29.4 Å². The van der Waals surface area contributed by atoms with Gasteiger partial charge in [-0.05, 0) is 38.2 Å². The number of aryl methyl sites for hydroxylation is 1. The van der Waals surface area contributed by atoms with Gasteiger partial charge < -0.3 is 9.88 Å². The zero-order valence-corrected chi connectivity index (χ0v) is 14.6. The number of benzene rings is 1. The van der Waals surface area contributed by atoms with Crippen molar-refractivity contribution in [3.63, 3.8) is 0 Å². The second kappa shape index (κ2) is 6.74. The minimum atomic E-state index is 0.0647.